The van der Waals surface area contributed by atoms with E-state index in [0.717, 1.165) is 45.4 Å². The Bertz CT molecular complexity index is 628. The Labute approximate surface area is 173 Å². The lowest BCUT2D eigenvalue weighted by molar-refractivity contribution is -0.159. The van der Waals surface area contributed by atoms with E-state index in [0.29, 0.717) is 11.8 Å². The van der Waals surface area contributed by atoms with Gasteiger partial charge in [0.25, 0.3) is 0 Å². The van der Waals surface area contributed by atoms with Crippen LogP contribution in [0.1, 0.15) is 51.5 Å². The Kier molecular flexibility index (Phi) is 11.0. The first-order chi connectivity index (χ1) is 13.7. The van der Waals surface area contributed by atoms with E-state index in [4.69, 9.17) is 19.8 Å². The lowest BCUT2D eigenvalue weighted by Gasteiger charge is -2.33. The summed E-state index contributed by atoms with van der Waals surface area (Å²) in [5, 5.41) is 17.9. The monoisotopic (exact) mass is 406 g/mol. The number of amides is 1. The van der Waals surface area contributed by atoms with Gasteiger partial charge in [0.15, 0.2) is 0 Å². The number of carbonyl (C=O) groups is 3. The predicted octanol–water partition coefficient (Wildman–Crippen LogP) is 2.82. The van der Waals surface area contributed by atoms with Crippen LogP contribution in [0, 0.1) is 11.8 Å². The molecule has 0 bridgehead atoms. The topological polar surface area (TPSA) is 107 Å². The molecule has 7 nitrogen and oxygen atoms in total. The Morgan fingerprint density at radius 1 is 1.03 bits per heavy atom. The van der Waals surface area contributed by atoms with E-state index in [-0.39, 0.29) is 11.8 Å². The third-order valence-corrected chi connectivity index (χ3v) is 5.06. The molecule has 0 aliphatic carbocycles. The van der Waals surface area contributed by atoms with Crippen LogP contribution in [0.25, 0.3) is 0 Å². The highest BCUT2D eigenvalue weighted by Crippen LogP contribution is 2.22. The molecule has 1 amide bonds. The highest BCUT2D eigenvalue weighted by molar-refractivity contribution is 6.27. The van der Waals surface area contributed by atoms with Gasteiger partial charge in [-0.2, -0.15) is 0 Å². The van der Waals surface area contributed by atoms with Crippen LogP contribution < -0.4 is 5.32 Å². The van der Waals surface area contributed by atoms with Gasteiger partial charge in [0.1, 0.15) is 0 Å². The van der Waals surface area contributed by atoms with Gasteiger partial charge in [-0.3, -0.25) is 4.79 Å². The Balaban J connectivity index is 0.000000612. The summed E-state index contributed by atoms with van der Waals surface area (Å²) in [7, 11) is 0. The Hall–Kier alpha value is -2.41. The Morgan fingerprint density at radius 3 is 2.07 bits per heavy atom. The van der Waals surface area contributed by atoms with Gasteiger partial charge >= 0.3 is 11.9 Å². The zero-order valence-electron chi connectivity index (χ0n) is 17.6. The molecule has 0 spiro atoms. The molecule has 1 fully saturated rings. The molecule has 1 aliphatic rings. The largest absolute Gasteiger partial charge is 0.473 e. The van der Waals surface area contributed by atoms with Crippen LogP contribution in [-0.2, 0) is 14.4 Å². The average Bonchev–Trinajstić information content (AvgIpc) is 2.69. The fourth-order valence-electron chi connectivity index (χ4n) is 3.28. The van der Waals surface area contributed by atoms with Crippen LogP contribution in [0.4, 0.5) is 0 Å². The summed E-state index contributed by atoms with van der Waals surface area (Å²) in [6.45, 7) is 10.7. The molecule has 1 atom stereocenters. The van der Waals surface area contributed by atoms with Crippen LogP contribution in [-0.4, -0.2) is 59.1 Å². The molecule has 3 N–H and O–H groups in total. The number of benzene rings is 1. The van der Waals surface area contributed by atoms with Crippen molar-refractivity contribution in [2.45, 2.75) is 46.0 Å². The van der Waals surface area contributed by atoms with Crippen LogP contribution in [0.3, 0.4) is 0 Å². The lowest BCUT2D eigenvalue weighted by atomic mass is 9.94. The highest BCUT2D eigenvalue weighted by atomic mass is 16.4. The summed E-state index contributed by atoms with van der Waals surface area (Å²) >= 11 is 0. The maximum Gasteiger partial charge on any atom is 0.414 e. The lowest BCUT2D eigenvalue weighted by Crippen LogP contribution is -2.41. The second-order valence-electron chi connectivity index (χ2n) is 7.97. The molecule has 1 aromatic carbocycles. The van der Waals surface area contributed by atoms with Crippen molar-refractivity contribution in [3.63, 3.8) is 0 Å². The van der Waals surface area contributed by atoms with Crippen molar-refractivity contribution in [1.29, 1.82) is 0 Å². The number of carboxylic acids is 2. The number of nitrogens with zero attached hydrogens (tertiary/aromatic N) is 1. The van der Waals surface area contributed by atoms with Gasteiger partial charge in [-0.1, -0.05) is 51.1 Å². The number of piperidine rings is 1. The van der Waals surface area contributed by atoms with Crippen molar-refractivity contribution in [1.82, 2.24) is 10.2 Å². The van der Waals surface area contributed by atoms with E-state index in [1.165, 1.54) is 5.56 Å². The highest BCUT2D eigenvalue weighted by Gasteiger charge is 2.25. The Morgan fingerprint density at radius 2 is 1.59 bits per heavy atom. The molecule has 0 radical (unpaired) electrons. The minimum absolute atomic E-state index is 0.213. The second kappa shape index (κ2) is 12.9. The van der Waals surface area contributed by atoms with E-state index < -0.39 is 11.9 Å². The van der Waals surface area contributed by atoms with Gasteiger partial charge in [0.05, 0.1) is 0 Å². The fraction of sp³-hybridized carbons (Fsp3) is 0.591. The fourth-order valence-corrected chi connectivity index (χ4v) is 3.28. The quantitative estimate of drug-likeness (QED) is 0.601. The molecule has 1 unspecified atom stereocenters. The van der Waals surface area contributed by atoms with Gasteiger partial charge in [-0.15, -0.1) is 0 Å². The molecular weight excluding hydrogens is 372 g/mol. The van der Waals surface area contributed by atoms with E-state index in [1.807, 2.05) is 0 Å². The zero-order chi connectivity index (χ0) is 21.8. The van der Waals surface area contributed by atoms with Gasteiger partial charge in [0, 0.05) is 19.0 Å². The van der Waals surface area contributed by atoms with Gasteiger partial charge in [-0.05, 0) is 49.8 Å². The second-order valence-corrected chi connectivity index (χ2v) is 7.97. The van der Waals surface area contributed by atoms with Gasteiger partial charge < -0.3 is 20.4 Å². The zero-order valence-corrected chi connectivity index (χ0v) is 17.6. The SMILES string of the molecule is CC(C)CCNC(=O)C1CCN(CC(C)c2ccccc2)CC1.O=C(O)C(=O)O. The summed E-state index contributed by atoms with van der Waals surface area (Å²) in [6, 6.07) is 10.7. The first-order valence-electron chi connectivity index (χ1n) is 10.2. The number of hydrogen-bond donors (Lipinski definition) is 3. The molecule has 2 rings (SSSR count). The molecule has 1 heterocycles. The van der Waals surface area contributed by atoms with Crippen molar-refractivity contribution in [3.8, 4) is 0 Å². The molecular formula is C22H34N2O5. The summed E-state index contributed by atoms with van der Waals surface area (Å²) in [5.41, 5.74) is 1.40. The van der Waals surface area contributed by atoms with Crippen LogP contribution in [0.5, 0.6) is 0 Å². The summed E-state index contributed by atoms with van der Waals surface area (Å²) in [4.78, 5) is 32.9. The van der Waals surface area contributed by atoms with E-state index in [9.17, 15) is 4.79 Å². The summed E-state index contributed by atoms with van der Waals surface area (Å²) < 4.78 is 0. The maximum absolute atomic E-state index is 12.2. The number of rotatable bonds is 7. The van der Waals surface area contributed by atoms with Gasteiger partial charge in [0.2, 0.25) is 5.91 Å². The average molecular weight is 407 g/mol. The first kappa shape index (κ1) is 24.6. The van der Waals surface area contributed by atoms with Crippen molar-refractivity contribution in [3.05, 3.63) is 35.9 Å². The van der Waals surface area contributed by atoms with Crippen molar-refractivity contribution >= 4 is 17.8 Å². The minimum Gasteiger partial charge on any atom is -0.473 e. The van der Waals surface area contributed by atoms with Crippen molar-refractivity contribution in [2.75, 3.05) is 26.2 Å². The number of hydrogen-bond acceptors (Lipinski definition) is 4. The molecule has 1 aliphatic heterocycles. The smallest absolute Gasteiger partial charge is 0.414 e. The van der Waals surface area contributed by atoms with E-state index >= 15 is 0 Å². The number of likely N-dealkylation sites (tertiary alicyclic amines) is 1. The number of nitrogens with one attached hydrogen (secondary N) is 1. The summed E-state index contributed by atoms with van der Waals surface area (Å²) in [6.07, 6.45) is 3.06. The van der Waals surface area contributed by atoms with Crippen molar-refractivity contribution < 1.29 is 24.6 Å². The molecule has 162 valence electrons. The van der Waals surface area contributed by atoms with Gasteiger partial charge in [-0.25, -0.2) is 9.59 Å². The molecule has 1 aromatic rings. The number of carboxylic acid groups (broad SMARTS) is 2. The van der Waals surface area contributed by atoms with Crippen LogP contribution in [0.15, 0.2) is 30.3 Å². The third-order valence-electron chi connectivity index (χ3n) is 5.06. The maximum atomic E-state index is 12.2. The van der Waals surface area contributed by atoms with Crippen LogP contribution >= 0.6 is 0 Å². The predicted molar refractivity (Wildman–Crippen MR) is 112 cm³/mol. The molecule has 1 saturated heterocycles. The molecule has 0 saturated carbocycles. The van der Waals surface area contributed by atoms with E-state index in [1.54, 1.807) is 0 Å². The third kappa shape index (κ3) is 10.1. The van der Waals surface area contributed by atoms with Crippen LogP contribution in [0.2, 0.25) is 0 Å². The molecule has 7 heteroatoms. The number of aliphatic carboxylic acids is 2. The molecule has 0 aromatic heterocycles. The molecule has 29 heavy (non-hydrogen) atoms. The minimum atomic E-state index is -1.82. The van der Waals surface area contributed by atoms with Crippen molar-refractivity contribution in [2.24, 2.45) is 11.8 Å². The normalized spacial score (nSPS) is 15.9. The number of carbonyl (C=O) groups excluding carboxylic acids is 1. The standard InChI is InChI=1S/C20H32N2O.C2H2O4/c1-16(2)9-12-21-20(23)19-10-13-22(14-11-19)15-17(3)18-7-5-4-6-8-18;3-1(4)2(5)6/h4-8,16-17,19H,9-15H2,1-3H3,(H,21,23);(H,3,4)(H,5,6). The van der Waals surface area contributed by atoms with E-state index in [2.05, 4.69) is 61.3 Å². The first-order valence-corrected chi connectivity index (χ1v) is 10.2. The summed E-state index contributed by atoms with van der Waals surface area (Å²) in [5.74, 6) is -1.97.